The first-order valence-corrected chi connectivity index (χ1v) is 6.61. The van der Waals surface area contributed by atoms with Crippen LogP contribution in [0.25, 0.3) is 0 Å². The largest absolute Gasteiger partial charge is 0.310 e. The Morgan fingerprint density at radius 3 is 2.78 bits per heavy atom. The summed E-state index contributed by atoms with van der Waals surface area (Å²) < 4.78 is 13.4. The number of terminal acetylenes is 1. The highest BCUT2D eigenvalue weighted by Crippen LogP contribution is 2.21. The van der Waals surface area contributed by atoms with E-state index in [0.29, 0.717) is 0 Å². The molecule has 2 heteroatoms. The molecule has 0 saturated heterocycles. The molecular formula is C16H22FN. The van der Waals surface area contributed by atoms with Crippen LogP contribution < -0.4 is 5.32 Å². The number of nitrogens with one attached hydrogen (secondary N) is 1. The van der Waals surface area contributed by atoms with Crippen LogP contribution in [-0.2, 0) is 0 Å². The minimum Gasteiger partial charge on any atom is -0.310 e. The van der Waals surface area contributed by atoms with E-state index in [2.05, 4.69) is 18.2 Å². The number of benzene rings is 1. The van der Waals surface area contributed by atoms with E-state index >= 15 is 0 Å². The second-order valence-electron chi connectivity index (χ2n) is 4.66. The van der Waals surface area contributed by atoms with E-state index in [9.17, 15) is 4.39 Å². The summed E-state index contributed by atoms with van der Waals surface area (Å²) in [7, 11) is 0. The molecule has 1 atom stereocenters. The van der Waals surface area contributed by atoms with Gasteiger partial charge < -0.3 is 5.32 Å². The van der Waals surface area contributed by atoms with Crippen LogP contribution in [0, 0.1) is 25.1 Å². The van der Waals surface area contributed by atoms with Crippen LogP contribution >= 0.6 is 0 Å². The van der Waals surface area contributed by atoms with Gasteiger partial charge in [-0.3, -0.25) is 0 Å². The van der Waals surface area contributed by atoms with Gasteiger partial charge in [0.15, 0.2) is 0 Å². The Labute approximate surface area is 110 Å². The molecule has 1 aromatic carbocycles. The highest BCUT2D eigenvalue weighted by atomic mass is 19.1. The smallest absolute Gasteiger partial charge is 0.123 e. The molecule has 0 aliphatic rings. The van der Waals surface area contributed by atoms with Crippen molar-refractivity contribution in [3.63, 3.8) is 0 Å². The third-order valence-corrected chi connectivity index (χ3v) is 2.92. The minimum absolute atomic E-state index is 0.162. The first-order chi connectivity index (χ1) is 8.67. The van der Waals surface area contributed by atoms with Crippen molar-refractivity contribution in [2.45, 2.75) is 45.6 Å². The lowest BCUT2D eigenvalue weighted by molar-refractivity contribution is 0.484. The Bertz CT molecular complexity index is 386. The number of unbranched alkanes of at least 4 members (excludes halogenated alkanes) is 1. The Hall–Kier alpha value is -1.33. The second-order valence-corrected chi connectivity index (χ2v) is 4.66. The van der Waals surface area contributed by atoms with E-state index in [0.717, 1.165) is 43.4 Å². The second kappa shape index (κ2) is 7.89. The Morgan fingerprint density at radius 1 is 1.39 bits per heavy atom. The van der Waals surface area contributed by atoms with Crippen LogP contribution in [0.1, 0.15) is 49.8 Å². The van der Waals surface area contributed by atoms with Crippen LogP contribution in [0.2, 0.25) is 0 Å². The van der Waals surface area contributed by atoms with Crippen molar-refractivity contribution in [3.05, 3.63) is 35.1 Å². The maximum Gasteiger partial charge on any atom is 0.123 e. The zero-order valence-corrected chi connectivity index (χ0v) is 11.3. The van der Waals surface area contributed by atoms with Gasteiger partial charge in [0.2, 0.25) is 0 Å². The molecule has 1 N–H and O–H groups in total. The van der Waals surface area contributed by atoms with Crippen molar-refractivity contribution in [2.75, 3.05) is 6.54 Å². The van der Waals surface area contributed by atoms with Gasteiger partial charge in [0.05, 0.1) is 0 Å². The lowest BCUT2D eigenvalue weighted by atomic mass is 9.99. The molecule has 1 nitrogen and oxygen atoms in total. The van der Waals surface area contributed by atoms with Crippen molar-refractivity contribution < 1.29 is 4.39 Å². The molecule has 0 aromatic heterocycles. The van der Waals surface area contributed by atoms with Crippen molar-refractivity contribution in [1.82, 2.24) is 5.32 Å². The number of hydrogen-bond acceptors (Lipinski definition) is 1. The third-order valence-electron chi connectivity index (χ3n) is 2.92. The zero-order chi connectivity index (χ0) is 13.4. The average Bonchev–Trinajstić information content (AvgIpc) is 2.32. The summed E-state index contributed by atoms with van der Waals surface area (Å²) in [5.41, 5.74) is 1.99. The quantitative estimate of drug-likeness (QED) is 0.567. The van der Waals surface area contributed by atoms with E-state index in [1.807, 2.05) is 13.0 Å². The van der Waals surface area contributed by atoms with E-state index in [1.54, 1.807) is 12.1 Å². The molecule has 0 spiro atoms. The van der Waals surface area contributed by atoms with Gasteiger partial charge in [0.25, 0.3) is 0 Å². The Balaban J connectivity index is 2.76. The van der Waals surface area contributed by atoms with E-state index in [-0.39, 0.29) is 11.9 Å². The third kappa shape index (κ3) is 4.89. The summed E-state index contributed by atoms with van der Waals surface area (Å²) in [6, 6.07) is 5.43. The molecule has 98 valence electrons. The fourth-order valence-corrected chi connectivity index (χ4v) is 2.08. The van der Waals surface area contributed by atoms with Gasteiger partial charge in [-0.25, -0.2) is 4.39 Å². The van der Waals surface area contributed by atoms with Gasteiger partial charge >= 0.3 is 0 Å². The standard InChI is InChI=1S/C16H22FN/c1-4-6-7-8-16(18-9-5-2)14-10-13(3)11-15(17)12-14/h1,10-12,16,18H,5-9H2,2-3H3. The number of hydrogen-bond donors (Lipinski definition) is 1. The van der Waals surface area contributed by atoms with Crippen LogP contribution in [0.15, 0.2) is 18.2 Å². The van der Waals surface area contributed by atoms with Crippen molar-refractivity contribution >= 4 is 0 Å². The average molecular weight is 247 g/mol. The Kier molecular flexibility index (Phi) is 6.46. The fourth-order valence-electron chi connectivity index (χ4n) is 2.08. The van der Waals surface area contributed by atoms with Crippen LogP contribution in [-0.4, -0.2) is 6.54 Å². The molecule has 0 radical (unpaired) electrons. The van der Waals surface area contributed by atoms with Gasteiger partial charge in [0, 0.05) is 12.5 Å². The predicted molar refractivity (Wildman–Crippen MR) is 74.9 cm³/mol. The SMILES string of the molecule is C#CCCCC(NCCC)c1cc(C)cc(F)c1. The maximum absolute atomic E-state index is 13.4. The van der Waals surface area contributed by atoms with Crippen molar-refractivity contribution in [1.29, 1.82) is 0 Å². The molecule has 1 rings (SSSR count). The minimum atomic E-state index is -0.162. The molecule has 0 bridgehead atoms. The highest BCUT2D eigenvalue weighted by molar-refractivity contribution is 5.26. The van der Waals surface area contributed by atoms with Gasteiger partial charge in [-0.1, -0.05) is 13.0 Å². The summed E-state index contributed by atoms with van der Waals surface area (Å²) in [6.45, 7) is 4.99. The topological polar surface area (TPSA) is 12.0 Å². The van der Waals surface area contributed by atoms with E-state index in [1.165, 1.54) is 0 Å². The molecule has 0 aliphatic carbocycles. The fraction of sp³-hybridized carbons (Fsp3) is 0.500. The zero-order valence-electron chi connectivity index (χ0n) is 11.3. The summed E-state index contributed by atoms with van der Waals surface area (Å²) in [4.78, 5) is 0. The molecule has 18 heavy (non-hydrogen) atoms. The molecule has 1 unspecified atom stereocenters. The van der Waals surface area contributed by atoms with Gasteiger partial charge in [-0.05, 0) is 56.0 Å². The highest BCUT2D eigenvalue weighted by Gasteiger charge is 2.11. The predicted octanol–water partition coefficient (Wildman–Crippen LogP) is 3.98. The summed E-state index contributed by atoms with van der Waals surface area (Å²) in [5, 5.41) is 3.46. The van der Waals surface area contributed by atoms with Crippen molar-refractivity contribution in [2.24, 2.45) is 0 Å². The molecule has 0 saturated carbocycles. The molecule has 0 aliphatic heterocycles. The van der Waals surface area contributed by atoms with Crippen LogP contribution in [0.5, 0.6) is 0 Å². The summed E-state index contributed by atoms with van der Waals surface area (Å²) in [6.07, 6.45) is 9.03. The number of rotatable bonds is 7. The molecule has 0 heterocycles. The van der Waals surface area contributed by atoms with Crippen LogP contribution in [0.4, 0.5) is 4.39 Å². The molecular weight excluding hydrogens is 225 g/mol. The molecule has 1 aromatic rings. The maximum atomic E-state index is 13.4. The van der Waals surface area contributed by atoms with Crippen LogP contribution in [0.3, 0.4) is 0 Å². The molecule has 0 amide bonds. The number of aryl methyl sites for hydroxylation is 1. The van der Waals surface area contributed by atoms with E-state index in [4.69, 9.17) is 6.42 Å². The first-order valence-electron chi connectivity index (χ1n) is 6.61. The lowest BCUT2D eigenvalue weighted by Gasteiger charge is -2.19. The lowest BCUT2D eigenvalue weighted by Crippen LogP contribution is -2.22. The normalized spacial score (nSPS) is 12.1. The summed E-state index contributed by atoms with van der Waals surface area (Å²) >= 11 is 0. The first kappa shape index (κ1) is 14.7. The van der Waals surface area contributed by atoms with Gasteiger partial charge in [0.1, 0.15) is 5.82 Å². The summed E-state index contributed by atoms with van der Waals surface area (Å²) in [5.74, 6) is 2.49. The van der Waals surface area contributed by atoms with Gasteiger partial charge in [-0.2, -0.15) is 0 Å². The number of halogens is 1. The van der Waals surface area contributed by atoms with E-state index < -0.39 is 0 Å². The Morgan fingerprint density at radius 2 is 2.17 bits per heavy atom. The monoisotopic (exact) mass is 247 g/mol. The molecule has 0 fully saturated rings. The van der Waals surface area contributed by atoms with Crippen molar-refractivity contribution in [3.8, 4) is 12.3 Å². The van der Waals surface area contributed by atoms with Gasteiger partial charge in [-0.15, -0.1) is 12.3 Å².